The van der Waals surface area contributed by atoms with E-state index in [4.69, 9.17) is 4.74 Å². The second-order valence-corrected chi connectivity index (χ2v) is 9.29. The van der Waals surface area contributed by atoms with Gasteiger partial charge in [-0.25, -0.2) is 4.79 Å². The smallest absolute Gasteiger partial charge is 0.411 e. The highest BCUT2D eigenvalue weighted by atomic mass is 16.6. The van der Waals surface area contributed by atoms with Gasteiger partial charge in [-0.05, 0) is 59.3 Å². The lowest BCUT2D eigenvalue weighted by molar-refractivity contribution is -0.00159. The van der Waals surface area contributed by atoms with Crippen molar-refractivity contribution in [1.29, 1.82) is 0 Å². The molecule has 3 nitrogen and oxygen atoms in total. The molecule has 1 amide bonds. The molecule has 0 radical (unpaired) electrons. The van der Waals surface area contributed by atoms with Gasteiger partial charge in [-0.2, -0.15) is 0 Å². The van der Waals surface area contributed by atoms with E-state index in [1.54, 1.807) is 5.57 Å². The van der Waals surface area contributed by atoms with Crippen LogP contribution in [0, 0.1) is 0 Å². The molecule has 3 heteroatoms. The minimum Gasteiger partial charge on any atom is -0.444 e. The maximum absolute atomic E-state index is 12.6. The maximum Gasteiger partial charge on any atom is 0.411 e. The molecule has 2 unspecified atom stereocenters. The molecule has 150 valence electrons. The van der Waals surface area contributed by atoms with Gasteiger partial charge in [0.25, 0.3) is 0 Å². The van der Waals surface area contributed by atoms with Crippen LogP contribution >= 0.6 is 0 Å². The predicted octanol–water partition coefficient (Wildman–Crippen LogP) is 7.01. The van der Waals surface area contributed by atoms with Crippen LogP contribution in [0.3, 0.4) is 0 Å². The van der Waals surface area contributed by atoms with E-state index in [9.17, 15) is 4.79 Å². The molecule has 2 aliphatic rings. The van der Waals surface area contributed by atoms with E-state index < -0.39 is 5.60 Å². The average Bonchev–Trinajstić information content (AvgIpc) is 2.54. The molecular formula is C23H41NO2. The van der Waals surface area contributed by atoms with Gasteiger partial charge in [0.1, 0.15) is 5.60 Å². The minimum atomic E-state index is -0.410. The summed E-state index contributed by atoms with van der Waals surface area (Å²) < 4.78 is 5.66. The normalized spacial score (nSPS) is 22.9. The van der Waals surface area contributed by atoms with Crippen molar-refractivity contribution in [2.75, 3.05) is 0 Å². The van der Waals surface area contributed by atoms with Gasteiger partial charge in [-0.1, -0.05) is 63.5 Å². The Morgan fingerprint density at radius 3 is 2.35 bits per heavy atom. The molecule has 0 spiro atoms. The number of ether oxygens (including phenoxy) is 1. The lowest BCUT2D eigenvalue weighted by Gasteiger charge is -2.45. The highest BCUT2D eigenvalue weighted by molar-refractivity contribution is 5.70. The Bertz CT molecular complexity index is 463. The van der Waals surface area contributed by atoms with Crippen molar-refractivity contribution >= 4 is 6.09 Å². The molecule has 2 atom stereocenters. The molecule has 2 aliphatic heterocycles. The summed E-state index contributed by atoms with van der Waals surface area (Å²) in [6.45, 7) is 8.13. The fraction of sp³-hybridized carbons (Fsp3) is 0.870. The van der Waals surface area contributed by atoms with Crippen molar-refractivity contribution in [3.8, 4) is 0 Å². The van der Waals surface area contributed by atoms with Gasteiger partial charge in [0, 0.05) is 6.04 Å². The van der Waals surface area contributed by atoms with Crippen molar-refractivity contribution in [2.45, 2.75) is 129 Å². The van der Waals surface area contributed by atoms with Crippen LogP contribution in [0.1, 0.15) is 111 Å². The van der Waals surface area contributed by atoms with Crippen molar-refractivity contribution < 1.29 is 9.53 Å². The first kappa shape index (κ1) is 21.3. The molecule has 0 N–H and O–H groups in total. The zero-order valence-electron chi connectivity index (χ0n) is 17.7. The third kappa shape index (κ3) is 6.96. The quantitative estimate of drug-likeness (QED) is 0.326. The van der Waals surface area contributed by atoms with E-state index in [0.717, 1.165) is 19.3 Å². The lowest BCUT2D eigenvalue weighted by Crippen LogP contribution is -2.53. The first-order valence-electron chi connectivity index (χ1n) is 11.1. The van der Waals surface area contributed by atoms with Crippen LogP contribution in [-0.4, -0.2) is 28.7 Å². The van der Waals surface area contributed by atoms with E-state index in [-0.39, 0.29) is 12.1 Å². The highest BCUT2D eigenvalue weighted by Crippen LogP contribution is 2.36. The van der Waals surface area contributed by atoms with E-state index in [1.165, 1.54) is 64.2 Å². The van der Waals surface area contributed by atoms with Crippen LogP contribution in [0.5, 0.6) is 0 Å². The van der Waals surface area contributed by atoms with Gasteiger partial charge >= 0.3 is 6.09 Å². The standard InChI is InChI=1S/C23H41NO2/c1-5-6-7-8-9-10-11-12-14-19-17-20-15-13-16-21(18-19)24(20)22(25)26-23(2,3)4/h17,20-21H,5-16,18H2,1-4H3. The van der Waals surface area contributed by atoms with E-state index >= 15 is 0 Å². The first-order valence-corrected chi connectivity index (χ1v) is 11.1. The van der Waals surface area contributed by atoms with Crippen molar-refractivity contribution in [2.24, 2.45) is 0 Å². The molecule has 1 fully saturated rings. The van der Waals surface area contributed by atoms with Gasteiger partial charge in [-0.3, -0.25) is 4.90 Å². The number of carbonyl (C=O) groups is 1. The zero-order valence-corrected chi connectivity index (χ0v) is 17.7. The summed E-state index contributed by atoms with van der Waals surface area (Å²) in [5.74, 6) is 0. The molecule has 0 aliphatic carbocycles. The molecule has 1 saturated heterocycles. The first-order chi connectivity index (χ1) is 12.4. The summed E-state index contributed by atoms with van der Waals surface area (Å²) >= 11 is 0. The van der Waals surface area contributed by atoms with Crippen molar-refractivity contribution in [1.82, 2.24) is 4.90 Å². The summed E-state index contributed by atoms with van der Waals surface area (Å²) in [5, 5.41) is 0. The number of hydrogen-bond donors (Lipinski definition) is 0. The number of carbonyl (C=O) groups excluding carboxylic acids is 1. The molecule has 2 heterocycles. The summed E-state index contributed by atoms with van der Waals surface area (Å²) in [6, 6.07) is 0.624. The minimum absolute atomic E-state index is 0.116. The summed E-state index contributed by atoms with van der Waals surface area (Å²) in [6.07, 6.45) is 19.0. The molecular weight excluding hydrogens is 322 g/mol. The van der Waals surface area contributed by atoms with Gasteiger partial charge in [0.15, 0.2) is 0 Å². The Morgan fingerprint density at radius 2 is 1.73 bits per heavy atom. The molecule has 0 saturated carbocycles. The van der Waals surface area contributed by atoms with E-state index in [0.29, 0.717) is 6.04 Å². The predicted molar refractivity (Wildman–Crippen MR) is 109 cm³/mol. The van der Waals surface area contributed by atoms with Crippen molar-refractivity contribution in [3.05, 3.63) is 11.6 Å². The highest BCUT2D eigenvalue weighted by Gasteiger charge is 2.38. The lowest BCUT2D eigenvalue weighted by atomic mass is 9.84. The van der Waals surface area contributed by atoms with Crippen LogP contribution < -0.4 is 0 Å². The van der Waals surface area contributed by atoms with Crippen LogP contribution in [0.2, 0.25) is 0 Å². The second-order valence-electron chi connectivity index (χ2n) is 9.29. The summed E-state index contributed by atoms with van der Waals surface area (Å²) in [7, 11) is 0. The number of rotatable bonds is 9. The number of nitrogens with zero attached hydrogens (tertiary/aromatic N) is 1. The Kier molecular flexibility index (Phi) is 8.50. The van der Waals surface area contributed by atoms with Gasteiger partial charge in [0.2, 0.25) is 0 Å². The van der Waals surface area contributed by atoms with Crippen LogP contribution in [-0.2, 0) is 4.74 Å². The Balaban J connectivity index is 1.76. The Labute approximate surface area is 161 Å². The monoisotopic (exact) mass is 363 g/mol. The van der Waals surface area contributed by atoms with E-state index in [1.807, 2.05) is 25.7 Å². The van der Waals surface area contributed by atoms with Crippen molar-refractivity contribution in [3.63, 3.8) is 0 Å². The van der Waals surface area contributed by atoms with Gasteiger partial charge in [-0.15, -0.1) is 0 Å². The molecule has 0 aromatic carbocycles. The zero-order chi connectivity index (χ0) is 19.0. The van der Waals surface area contributed by atoms with Gasteiger partial charge in [0.05, 0.1) is 6.04 Å². The summed E-state index contributed by atoms with van der Waals surface area (Å²) in [5.41, 5.74) is 1.18. The largest absolute Gasteiger partial charge is 0.444 e. The number of unbranched alkanes of at least 4 members (excludes halogenated alkanes) is 7. The number of fused-ring (bicyclic) bond motifs is 2. The molecule has 2 bridgehead atoms. The molecule has 2 rings (SSSR count). The van der Waals surface area contributed by atoms with Crippen LogP contribution in [0.25, 0.3) is 0 Å². The van der Waals surface area contributed by atoms with Crippen LogP contribution in [0.15, 0.2) is 11.6 Å². The third-order valence-corrected chi connectivity index (χ3v) is 5.67. The number of piperidine rings is 1. The molecule has 26 heavy (non-hydrogen) atoms. The second kappa shape index (κ2) is 10.4. The van der Waals surface area contributed by atoms with Crippen LogP contribution in [0.4, 0.5) is 4.79 Å². The average molecular weight is 364 g/mol. The summed E-state index contributed by atoms with van der Waals surface area (Å²) in [4.78, 5) is 14.6. The molecule has 0 aromatic heterocycles. The van der Waals surface area contributed by atoms with E-state index in [2.05, 4.69) is 13.0 Å². The number of hydrogen-bond acceptors (Lipinski definition) is 2. The third-order valence-electron chi connectivity index (χ3n) is 5.67. The molecule has 0 aromatic rings. The van der Waals surface area contributed by atoms with Gasteiger partial charge < -0.3 is 4.74 Å². The Hall–Kier alpha value is -0.990. The Morgan fingerprint density at radius 1 is 1.08 bits per heavy atom. The fourth-order valence-electron chi connectivity index (χ4n) is 4.39. The fourth-order valence-corrected chi connectivity index (χ4v) is 4.39. The number of amides is 1. The maximum atomic E-state index is 12.6. The topological polar surface area (TPSA) is 29.5 Å². The SMILES string of the molecule is CCCCCCCCCCC1=CC2CCCC(C1)N2C(=O)OC(C)(C)C.